The maximum Gasteiger partial charge on any atom is 0.358 e. The van der Waals surface area contributed by atoms with Crippen molar-refractivity contribution in [3.63, 3.8) is 0 Å². The van der Waals surface area contributed by atoms with Crippen molar-refractivity contribution in [3.8, 4) is 5.69 Å². The maximum absolute atomic E-state index is 12.9. The fourth-order valence-electron chi connectivity index (χ4n) is 1.32. The monoisotopic (exact) mass is 252 g/mol. The lowest BCUT2D eigenvalue weighted by molar-refractivity contribution is -0.384. The molecule has 0 aliphatic heterocycles. The molecule has 0 bridgehead atoms. The molecule has 0 unspecified atom stereocenters. The Labute approximate surface area is 98.4 Å². The summed E-state index contributed by atoms with van der Waals surface area (Å²) in [6.45, 7) is 0. The zero-order chi connectivity index (χ0) is 13.3. The summed E-state index contributed by atoms with van der Waals surface area (Å²) in [5, 5.41) is 26.2. The summed E-state index contributed by atoms with van der Waals surface area (Å²) < 4.78 is 13.8. The third-order valence-corrected chi connectivity index (χ3v) is 2.09. The fourth-order valence-corrected chi connectivity index (χ4v) is 1.32. The van der Waals surface area contributed by atoms with Crippen molar-refractivity contribution in [3.05, 3.63) is 46.0 Å². The highest BCUT2D eigenvalue weighted by molar-refractivity contribution is 5.84. The number of hydrogen-bond donors (Lipinski definition) is 1. The van der Waals surface area contributed by atoms with Gasteiger partial charge in [-0.2, -0.15) is 0 Å². The van der Waals surface area contributed by atoms with Crippen LogP contribution in [0.5, 0.6) is 0 Å². The number of nitro benzene ring substituents is 1. The van der Waals surface area contributed by atoms with Crippen LogP contribution in [0, 0.1) is 15.9 Å². The van der Waals surface area contributed by atoms with E-state index in [1.807, 2.05) is 0 Å². The van der Waals surface area contributed by atoms with Gasteiger partial charge in [0.1, 0.15) is 11.5 Å². The van der Waals surface area contributed by atoms with Crippen LogP contribution in [0.15, 0.2) is 24.4 Å². The maximum atomic E-state index is 12.9. The first-order valence-electron chi connectivity index (χ1n) is 4.59. The number of nitro groups is 1. The molecule has 1 aromatic carbocycles. The van der Waals surface area contributed by atoms with Crippen LogP contribution in [0.3, 0.4) is 0 Å². The van der Waals surface area contributed by atoms with Gasteiger partial charge in [-0.1, -0.05) is 5.21 Å². The number of carboxylic acid groups (broad SMARTS) is 1. The molecule has 1 heterocycles. The van der Waals surface area contributed by atoms with Crippen molar-refractivity contribution in [2.45, 2.75) is 0 Å². The van der Waals surface area contributed by atoms with E-state index in [0.717, 1.165) is 29.1 Å². The van der Waals surface area contributed by atoms with E-state index >= 15 is 0 Å². The Morgan fingerprint density at radius 1 is 1.50 bits per heavy atom. The molecule has 0 amide bonds. The first-order valence-corrected chi connectivity index (χ1v) is 4.59. The molecule has 0 fully saturated rings. The van der Waals surface area contributed by atoms with E-state index in [4.69, 9.17) is 5.11 Å². The van der Waals surface area contributed by atoms with Crippen molar-refractivity contribution >= 4 is 11.7 Å². The second-order valence-electron chi connectivity index (χ2n) is 3.24. The Hall–Kier alpha value is -2.84. The van der Waals surface area contributed by atoms with E-state index in [9.17, 15) is 19.3 Å². The van der Waals surface area contributed by atoms with Crippen molar-refractivity contribution in [2.24, 2.45) is 0 Å². The smallest absolute Gasteiger partial charge is 0.358 e. The summed E-state index contributed by atoms with van der Waals surface area (Å²) in [4.78, 5) is 20.6. The summed E-state index contributed by atoms with van der Waals surface area (Å²) in [5.41, 5.74) is -0.966. The molecule has 2 aromatic rings. The minimum absolute atomic E-state index is 0.0681. The molecule has 0 aliphatic carbocycles. The lowest BCUT2D eigenvalue weighted by Crippen LogP contribution is -2.01. The quantitative estimate of drug-likeness (QED) is 0.644. The zero-order valence-electron chi connectivity index (χ0n) is 8.65. The molecule has 1 N–H and O–H groups in total. The van der Waals surface area contributed by atoms with Gasteiger partial charge in [-0.25, -0.2) is 13.9 Å². The third kappa shape index (κ3) is 2.00. The molecule has 0 atom stereocenters. The summed E-state index contributed by atoms with van der Waals surface area (Å²) in [7, 11) is 0. The molecule has 92 valence electrons. The predicted octanol–water partition coefficient (Wildman–Crippen LogP) is 1.01. The van der Waals surface area contributed by atoms with Crippen LogP contribution in [0.1, 0.15) is 10.5 Å². The summed E-state index contributed by atoms with van der Waals surface area (Å²) in [6.07, 6.45) is 1.00. The molecule has 0 saturated heterocycles. The van der Waals surface area contributed by atoms with E-state index in [2.05, 4.69) is 10.3 Å². The Morgan fingerprint density at radius 3 is 2.78 bits per heavy atom. The largest absolute Gasteiger partial charge is 0.476 e. The minimum Gasteiger partial charge on any atom is -0.476 e. The van der Waals surface area contributed by atoms with Gasteiger partial charge in [0, 0.05) is 0 Å². The van der Waals surface area contributed by atoms with Gasteiger partial charge in [0.05, 0.1) is 17.2 Å². The van der Waals surface area contributed by atoms with Crippen LogP contribution < -0.4 is 0 Å². The fraction of sp³-hybridized carbons (Fsp3) is 0. The van der Waals surface area contributed by atoms with E-state index in [0.29, 0.717) is 0 Å². The topological polar surface area (TPSA) is 111 Å². The van der Waals surface area contributed by atoms with Gasteiger partial charge in [0.25, 0.3) is 5.69 Å². The Morgan fingerprint density at radius 2 is 2.22 bits per heavy atom. The number of aromatic carboxylic acids is 1. The van der Waals surface area contributed by atoms with Crippen molar-refractivity contribution in [2.75, 3.05) is 0 Å². The molecule has 0 saturated carbocycles. The Balaban J connectivity index is 2.55. The summed E-state index contributed by atoms with van der Waals surface area (Å²) in [6, 6.07) is 2.84. The lowest BCUT2D eigenvalue weighted by atomic mass is 10.2. The molecule has 0 radical (unpaired) electrons. The van der Waals surface area contributed by atoms with Gasteiger partial charge in [-0.3, -0.25) is 10.1 Å². The van der Waals surface area contributed by atoms with Crippen molar-refractivity contribution in [1.82, 2.24) is 15.0 Å². The van der Waals surface area contributed by atoms with Crippen molar-refractivity contribution < 1.29 is 19.2 Å². The molecular weight excluding hydrogens is 247 g/mol. The van der Waals surface area contributed by atoms with Gasteiger partial charge < -0.3 is 5.11 Å². The standard InChI is InChI=1S/C9H5FN4O4/c10-5-1-2-7(8(3-5)14(17)18)13-4-6(9(15)16)11-12-13/h1-4H,(H,15,16). The van der Waals surface area contributed by atoms with Gasteiger partial charge in [-0.15, -0.1) is 5.10 Å². The number of aromatic nitrogens is 3. The number of rotatable bonds is 3. The number of hydrogen-bond acceptors (Lipinski definition) is 5. The first kappa shape index (κ1) is 11.6. The van der Waals surface area contributed by atoms with Crippen LogP contribution >= 0.6 is 0 Å². The highest BCUT2D eigenvalue weighted by atomic mass is 19.1. The molecule has 1 aromatic heterocycles. The molecule has 18 heavy (non-hydrogen) atoms. The number of halogens is 1. The van der Waals surface area contributed by atoms with Crippen LogP contribution in [0.25, 0.3) is 5.69 Å². The second-order valence-corrected chi connectivity index (χ2v) is 3.24. The molecule has 8 nitrogen and oxygen atoms in total. The third-order valence-electron chi connectivity index (χ3n) is 2.09. The SMILES string of the molecule is O=C(O)c1cn(-c2ccc(F)cc2[N+](=O)[O-])nn1. The molecule has 0 spiro atoms. The number of nitrogens with zero attached hydrogens (tertiary/aromatic N) is 4. The van der Waals surface area contributed by atoms with Gasteiger partial charge >= 0.3 is 5.97 Å². The highest BCUT2D eigenvalue weighted by Crippen LogP contribution is 2.23. The Bertz CT molecular complexity index is 639. The van der Waals surface area contributed by atoms with Crippen LogP contribution in [-0.4, -0.2) is 31.0 Å². The number of carboxylic acids is 1. The van der Waals surface area contributed by atoms with E-state index < -0.39 is 22.4 Å². The lowest BCUT2D eigenvalue weighted by Gasteiger charge is -2.01. The second kappa shape index (κ2) is 4.20. The summed E-state index contributed by atoms with van der Waals surface area (Å²) in [5.74, 6) is -2.09. The average Bonchev–Trinajstić information content (AvgIpc) is 2.78. The molecular formula is C9H5FN4O4. The highest BCUT2D eigenvalue weighted by Gasteiger charge is 2.19. The van der Waals surface area contributed by atoms with E-state index in [1.54, 1.807) is 0 Å². The number of carbonyl (C=O) groups is 1. The Kier molecular flexibility index (Phi) is 2.72. The van der Waals surface area contributed by atoms with Crippen LogP contribution in [0.4, 0.5) is 10.1 Å². The van der Waals surface area contributed by atoms with Gasteiger partial charge in [0.2, 0.25) is 0 Å². The van der Waals surface area contributed by atoms with Crippen LogP contribution in [-0.2, 0) is 0 Å². The van der Waals surface area contributed by atoms with E-state index in [-0.39, 0.29) is 11.4 Å². The molecule has 2 rings (SSSR count). The van der Waals surface area contributed by atoms with Crippen molar-refractivity contribution in [1.29, 1.82) is 0 Å². The molecule has 0 aliphatic rings. The molecule has 9 heteroatoms. The average molecular weight is 252 g/mol. The predicted molar refractivity (Wildman–Crippen MR) is 54.9 cm³/mol. The summed E-state index contributed by atoms with van der Waals surface area (Å²) >= 11 is 0. The first-order chi connectivity index (χ1) is 8.49. The van der Waals surface area contributed by atoms with Gasteiger partial charge in [0.15, 0.2) is 5.69 Å². The number of benzene rings is 1. The van der Waals surface area contributed by atoms with E-state index in [1.165, 1.54) is 0 Å². The normalized spacial score (nSPS) is 10.3. The minimum atomic E-state index is -1.31. The zero-order valence-corrected chi connectivity index (χ0v) is 8.65. The van der Waals surface area contributed by atoms with Crippen LogP contribution in [0.2, 0.25) is 0 Å². The van der Waals surface area contributed by atoms with Gasteiger partial charge in [-0.05, 0) is 12.1 Å².